The van der Waals surface area contributed by atoms with Gasteiger partial charge in [-0.1, -0.05) is 18.2 Å². The Balaban J connectivity index is 1.44. The Labute approximate surface area is 168 Å². The lowest BCUT2D eigenvalue weighted by Crippen LogP contribution is -1.96. The van der Waals surface area contributed by atoms with E-state index in [1.54, 1.807) is 12.4 Å². The second kappa shape index (κ2) is 8.36. The topological polar surface area (TPSA) is 87.6 Å². The van der Waals surface area contributed by atoms with Crippen LogP contribution in [-0.2, 0) is 12.8 Å². The van der Waals surface area contributed by atoms with Crippen LogP contribution in [0.15, 0.2) is 71.4 Å². The van der Waals surface area contributed by atoms with E-state index in [9.17, 15) is 0 Å². The van der Waals surface area contributed by atoms with Gasteiger partial charge in [0.25, 0.3) is 0 Å². The van der Waals surface area contributed by atoms with Gasteiger partial charge in [0.2, 0.25) is 0 Å². The van der Waals surface area contributed by atoms with Gasteiger partial charge in [-0.25, -0.2) is 15.0 Å². The highest BCUT2D eigenvalue weighted by Gasteiger charge is 2.09. The van der Waals surface area contributed by atoms with Crippen molar-refractivity contribution in [2.24, 2.45) is 0 Å². The quantitative estimate of drug-likeness (QED) is 0.514. The van der Waals surface area contributed by atoms with Crippen molar-refractivity contribution in [3.05, 3.63) is 89.6 Å². The predicted molar refractivity (Wildman–Crippen MR) is 111 cm³/mol. The second-order valence-corrected chi connectivity index (χ2v) is 6.68. The minimum atomic E-state index is 0.626. The molecule has 0 unspecified atom stereocenters. The molecule has 0 aliphatic rings. The van der Waals surface area contributed by atoms with E-state index < -0.39 is 0 Å². The van der Waals surface area contributed by atoms with Crippen LogP contribution in [0.5, 0.6) is 0 Å². The zero-order valence-electron chi connectivity index (χ0n) is 16.0. The Morgan fingerprint density at radius 3 is 2.66 bits per heavy atom. The first-order valence-corrected chi connectivity index (χ1v) is 9.30. The van der Waals surface area contributed by atoms with E-state index in [1.165, 1.54) is 0 Å². The molecule has 3 aromatic heterocycles. The third kappa shape index (κ3) is 4.66. The number of oxazole rings is 1. The number of nitrogens with zero attached hydrogens (tertiary/aromatic N) is 4. The number of hydrogen-bond acceptors (Lipinski definition) is 6. The van der Waals surface area contributed by atoms with Gasteiger partial charge in [0.1, 0.15) is 17.3 Å². The molecule has 0 aliphatic heterocycles. The van der Waals surface area contributed by atoms with E-state index in [-0.39, 0.29) is 0 Å². The predicted octanol–water partition coefficient (Wildman–Crippen LogP) is 4.84. The van der Waals surface area contributed by atoms with Crippen LogP contribution in [0.1, 0.15) is 22.6 Å². The lowest BCUT2D eigenvalue weighted by Gasteiger charge is -2.06. The average molecular weight is 381 g/mol. The van der Waals surface area contributed by atoms with Crippen molar-refractivity contribution in [2.45, 2.75) is 19.8 Å². The Hall–Kier alpha value is -3.98. The van der Waals surface area contributed by atoms with Crippen molar-refractivity contribution in [3.63, 3.8) is 0 Å². The average Bonchev–Trinajstić information content (AvgIpc) is 3.22. The van der Waals surface area contributed by atoms with Crippen LogP contribution in [0.2, 0.25) is 0 Å². The summed E-state index contributed by atoms with van der Waals surface area (Å²) in [5.41, 5.74) is 3.63. The summed E-state index contributed by atoms with van der Waals surface area (Å²) in [6.45, 7) is 2.02. The van der Waals surface area contributed by atoms with Gasteiger partial charge in [-0.15, -0.1) is 0 Å². The number of aryl methyl sites for hydroxylation is 3. The highest BCUT2D eigenvalue weighted by molar-refractivity contribution is 5.58. The molecule has 0 spiro atoms. The fraction of sp³-hybridized carbons (Fsp3) is 0.130. The summed E-state index contributed by atoms with van der Waals surface area (Å²) in [7, 11) is 0. The first-order chi connectivity index (χ1) is 14.2. The third-order valence-corrected chi connectivity index (χ3v) is 4.44. The smallest absolute Gasteiger partial charge is 0.195 e. The Bertz CT molecular complexity index is 1160. The van der Waals surface area contributed by atoms with Crippen LogP contribution < -0.4 is 5.32 Å². The summed E-state index contributed by atoms with van der Waals surface area (Å²) in [6, 6.07) is 19.3. The van der Waals surface area contributed by atoms with Crippen LogP contribution in [0.3, 0.4) is 0 Å². The van der Waals surface area contributed by atoms with Gasteiger partial charge in [-0.2, -0.15) is 5.26 Å². The molecule has 6 heteroatoms. The first kappa shape index (κ1) is 18.4. The standard InChI is InChI=1S/C23H19N5O/c1-16-11-12-25-22(13-16)28-21-4-2-3-19(27-21)20-15-26-23(29-20)10-9-17-5-7-18(14-24)8-6-17/h2-8,11-13,15H,9-10H2,1H3,(H,25,27,28). The minimum Gasteiger partial charge on any atom is -0.439 e. The maximum atomic E-state index is 8.87. The molecule has 29 heavy (non-hydrogen) atoms. The van der Waals surface area contributed by atoms with E-state index in [0.717, 1.165) is 23.4 Å². The highest BCUT2D eigenvalue weighted by Crippen LogP contribution is 2.22. The fourth-order valence-electron chi connectivity index (χ4n) is 2.92. The normalized spacial score (nSPS) is 10.5. The van der Waals surface area contributed by atoms with E-state index in [1.807, 2.05) is 61.5 Å². The van der Waals surface area contributed by atoms with Gasteiger partial charge < -0.3 is 9.73 Å². The molecule has 4 aromatic rings. The van der Waals surface area contributed by atoms with Crippen molar-refractivity contribution in [2.75, 3.05) is 5.32 Å². The molecule has 6 nitrogen and oxygen atoms in total. The van der Waals surface area contributed by atoms with Crippen molar-refractivity contribution >= 4 is 11.6 Å². The Morgan fingerprint density at radius 1 is 1.00 bits per heavy atom. The number of rotatable bonds is 6. The van der Waals surface area contributed by atoms with Crippen LogP contribution in [0, 0.1) is 18.3 Å². The first-order valence-electron chi connectivity index (χ1n) is 9.30. The summed E-state index contributed by atoms with van der Waals surface area (Å²) < 4.78 is 5.89. The van der Waals surface area contributed by atoms with Crippen LogP contribution in [-0.4, -0.2) is 15.0 Å². The fourth-order valence-corrected chi connectivity index (χ4v) is 2.92. The number of aromatic nitrogens is 3. The molecule has 0 saturated carbocycles. The molecule has 0 aliphatic carbocycles. The zero-order valence-corrected chi connectivity index (χ0v) is 16.0. The summed E-state index contributed by atoms with van der Waals surface area (Å²) >= 11 is 0. The lowest BCUT2D eigenvalue weighted by atomic mass is 10.1. The molecule has 142 valence electrons. The van der Waals surface area contributed by atoms with Crippen molar-refractivity contribution in [1.29, 1.82) is 5.26 Å². The lowest BCUT2D eigenvalue weighted by molar-refractivity contribution is 0.504. The number of anilines is 2. The summed E-state index contributed by atoms with van der Waals surface area (Å²) in [6.07, 6.45) is 4.93. The van der Waals surface area contributed by atoms with Gasteiger partial charge in [-0.05, 0) is 60.9 Å². The molecule has 0 bridgehead atoms. The van der Waals surface area contributed by atoms with E-state index in [4.69, 9.17) is 9.68 Å². The molecule has 0 saturated heterocycles. The molecule has 0 fully saturated rings. The molecule has 0 amide bonds. The minimum absolute atomic E-state index is 0.626. The Kier molecular flexibility index (Phi) is 5.30. The zero-order chi connectivity index (χ0) is 20.1. The summed E-state index contributed by atoms with van der Waals surface area (Å²) in [5, 5.41) is 12.1. The van der Waals surface area contributed by atoms with Crippen LogP contribution in [0.25, 0.3) is 11.5 Å². The maximum absolute atomic E-state index is 8.87. The SMILES string of the molecule is Cc1ccnc(Nc2cccc(-c3cnc(CCc4ccc(C#N)cc4)o3)n2)c1. The largest absolute Gasteiger partial charge is 0.439 e. The Morgan fingerprint density at radius 2 is 1.86 bits per heavy atom. The third-order valence-electron chi connectivity index (χ3n) is 4.44. The van der Waals surface area contributed by atoms with E-state index in [2.05, 4.69) is 26.3 Å². The van der Waals surface area contributed by atoms with Crippen LogP contribution in [0.4, 0.5) is 11.6 Å². The number of nitriles is 1. The highest BCUT2D eigenvalue weighted by atomic mass is 16.4. The van der Waals surface area contributed by atoms with Gasteiger partial charge >= 0.3 is 0 Å². The summed E-state index contributed by atoms with van der Waals surface area (Å²) in [4.78, 5) is 13.3. The van der Waals surface area contributed by atoms with Crippen molar-refractivity contribution in [1.82, 2.24) is 15.0 Å². The van der Waals surface area contributed by atoms with E-state index >= 15 is 0 Å². The molecule has 3 heterocycles. The maximum Gasteiger partial charge on any atom is 0.195 e. The molecular weight excluding hydrogens is 362 g/mol. The molecule has 0 radical (unpaired) electrons. The molecular formula is C23H19N5O. The molecule has 1 aromatic carbocycles. The molecule has 1 N–H and O–H groups in total. The van der Waals surface area contributed by atoms with Crippen LogP contribution >= 0.6 is 0 Å². The van der Waals surface area contributed by atoms with Gasteiger partial charge in [0.15, 0.2) is 11.7 Å². The molecule has 4 rings (SSSR count). The van der Waals surface area contributed by atoms with Gasteiger partial charge in [0.05, 0.1) is 17.8 Å². The van der Waals surface area contributed by atoms with E-state index in [0.29, 0.717) is 35.1 Å². The van der Waals surface area contributed by atoms with Crippen molar-refractivity contribution in [3.8, 4) is 17.5 Å². The molecule has 0 atom stereocenters. The second-order valence-electron chi connectivity index (χ2n) is 6.68. The number of nitrogens with one attached hydrogen (secondary N) is 1. The van der Waals surface area contributed by atoms with Gasteiger partial charge in [-0.3, -0.25) is 0 Å². The van der Waals surface area contributed by atoms with Crippen molar-refractivity contribution < 1.29 is 4.42 Å². The number of hydrogen-bond donors (Lipinski definition) is 1. The van der Waals surface area contributed by atoms with Gasteiger partial charge in [0, 0.05) is 12.6 Å². The summed E-state index contributed by atoms with van der Waals surface area (Å²) in [5.74, 6) is 2.72. The number of benzene rings is 1. The number of pyridine rings is 2. The monoisotopic (exact) mass is 381 g/mol.